The summed E-state index contributed by atoms with van der Waals surface area (Å²) in [5.74, 6) is -1.53. The molecule has 6 heteroatoms. The standard InChI is InChI=1S/C13H22N2O4/c1-19-8-7-14-3-2-4-15(6-5-14)12(16)10-9-11(10)13(17)18/h10-11H,2-9H2,1H3,(H,17,18)/t10-,11+/m1/s1. The van der Waals surface area contributed by atoms with Crippen LogP contribution >= 0.6 is 0 Å². The zero-order valence-electron chi connectivity index (χ0n) is 11.4. The fraction of sp³-hybridized carbons (Fsp3) is 0.846. The lowest BCUT2D eigenvalue weighted by Crippen LogP contribution is -2.37. The fourth-order valence-electron chi connectivity index (χ4n) is 2.61. The maximum absolute atomic E-state index is 12.2. The van der Waals surface area contributed by atoms with E-state index in [1.807, 2.05) is 4.90 Å². The Morgan fingerprint density at radius 1 is 1.21 bits per heavy atom. The van der Waals surface area contributed by atoms with Crippen LogP contribution in [0.2, 0.25) is 0 Å². The van der Waals surface area contributed by atoms with Crippen molar-refractivity contribution < 1.29 is 19.4 Å². The zero-order valence-corrected chi connectivity index (χ0v) is 11.4. The van der Waals surface area contributed by atoms with Gasteiger partial charge in [-0.05, 0) is 19.4 Å². The number of carboxylic acid groups (broad SMARTS) is 1. The summed E-state index contributed by atoms with van der Waals surface area (Å²) in [6.07, 6.45) is 1.46. The van der Waals surface area contributed by atoms with Gasteiger partial charge in [-0.1, -0.05) is 0 Å². The molecule has 0 aromatic carbocycles. The quantitative estimate of drug-likeness (QED) is 0.754. The van der Waals surface area contributed by atoms with Crippen molar-refractivity contribution in [2.45, 2.75) is 12.8 Å². The molecule has 0 spiro atoms. The van der Waals surface area contributed by atoms with E-state index < -0.39 is 11.9 Å². The summed E-state index contributed by atoms with van der Waals surface area (Å²) in [6.45, 7) is 4.85. The van der Waals surface area contributed by atoms with Crippen molar-refractivity contribution in [3.05, 3.63) is 0 Å². The molecule has 108 valence electrons. The smallest absolute Gasteiger partial charge is 0.307 e. The Morgan fingerprint density at radius 2 is 2.00 bits per heavy atom. The summed E-state index contributed by atoms with van der Waals surface area (Å²) in [6, 6.07) is 0. The second-order valence-electron chi connectivity index (χ2n) is 5.30. The van der Waals surface area contributed by atoms with Gasteiger partial charge in [0.15, 0.2) is 0 Å². The Kier molecular flexibility index (Phi) is 4.76. The number of hydrogen-bond donors (Lipinski definition) is 1. The molecule has 2 aliphatic rings. The lowest BCUT2D eigenvalue weighted by atomic mass is 10.2. The summed E-state index contributed by atoms with van der Waals surface area (Å²) in [4.78, 5) is 27.1. The van der Waals surface area contributed by atoms with Crippen molar-refractivity contribution in [2.24, 2.45) is 11.8 Å². The Hall–Kier alpha value is -1.14. The van der Waals surface area contributed by atoms with Crippen LogP contribution in [0.5, 0.6) is 0 Å². The molecule has 1 aliphatic carbocycles. The number of carbonyl (C=O) groups excluding carboxylic acids is 1. The van der Waals surface area contributed by atoms with E-state index >= 15 is 0 Å². The number of methoxy groups -OCH3 is 1. The third kappa shape index (κ3) is 3.67. The van der Waals surface area contributed by atoms with E-state index in [1.165, 1.54) is 0 Å². The van der Waals surface area contributed by atoms with Gasteiger partial charge in [0.25, 0.3) is 0 Å². The third-order valence-corrected chi connectivity index (χ3v) is 3.94. The molecule has 19 heavy (non-hydrogen) atoms. The topological polar surface area (TPSA) is 70.1 Å². The number of hydrogen-bond acceptors (Lipinski definition) is 4. The van der Waals surface area contributed by atoms with Crippen molar-refractivity contribution in [2.75, 3.05) is 46.4 Å². The highest BCUT2D eigenvalue weighted by atomic mass is 16.5. The second-order valence-corrected chi connectivity index (χ2v) is 5.30. The third-order valence-electron chi connectivity index (χ3n) is 3.94. The van der Waals surface area contributed by atoms with Crippen LogP contribution in [0.1, 0.15) is 12.8 Å². The molecule has 2 fully saturated rings. The Bertz CT molecular complexity index is 348. The number of nitrogens with zero attached hydrogens (tertiary/aromatic N) is 2. The van der Waals surface area contributed by atoms with Gasteiger partial charge in [-0.2, -0.15) is 0 Å². The SMILES string of the molecule is COCCN1CCCN(C(=O)[C@@H]2C[C@@H]2C(=O)O)CC1. The van der Waals surface area contributed by atoms with E-state index in [4.69, 9.17) is 9.84 Å². The molecule has 0 bridgehead atoms. The minimum Gasteiger partial charge on any atom is -0.481 e. The summed E-state index contributed by atoms with van der Waals surface area (Å²) >= 11 is 0. The minimum absolute atomic E-state index is 0.0287. The van der Waals surface area contributed by atoms with E-state index in [0.29, 0.717) is 19.6 Å². The van der Waals surface area contributed by atoms with E-state index in [9.17, 15) is 9.59 Å². The molecule has 0 unspecified atom stereocenters. The van der Waals surface area contributed by atoms with Crippen molar-refractivity contribution in [3.8, 4) is 0 Å². The van der Waals surface area contributed by atoms with Crippen LogP contribution in [-0.2, 0) is 14.3 Å². The van der Waals surface area contributed by atoms with Gasteiger partial charge in [0.05, 0.1) is 18.4 Å². The zero-order chi connectivity index (χ0) is 13.8. The van der Waals surface area contributed by atoms with Crippen LogP contribution in [0.3, 0.4) is 0 Å². The van der Waals surface area contributed by atoms with E-state index in [2.05, 4.69) is 4.90 Å². The van der Waals surface area contributed by atoms with Crippen LogP contribution in [0.25, 0.3) is 0 Å². The first-order chi connectivity index (χ1) is 9.13. The molecule has 1 aliphatic heterocycles. The fourth-order valence-corrected chi connectivity index (χ4v) is 2.61. The maximum Gasteiger partial charge on any atom is 0.307 e. The van der Waals surface area contributed by atoms with Gasteiger partial charge in [0, 0.05) is 33.3 Å². The Balaban J connectivity index is 1.79. The Labute approximate surface area is 113 Å². The summed E-state index contributed by atoms with van der Waals surface area (Å²) in [5.41, 5.74) is 0. The van der Waals surface area contributed by atoms with Gasteiger partial charge in [-0.25, -0.2) is 0 Å². The van der Waals surface area contributed by atoms with Crippen molar-refractivity contribution in [3.63, 3.8) is 0 Å². The molecule has 2 rings (SSSR count). The molecule has 1 saturated carbocycles. The van der Waals surface area contributed by atoms with Crippen LogP contribution in [0, 0.1) is 11.8 Å². The van der Waals surface area contributed by atoms with Gasteiger partial charge >= 0.3 is 5.97 Å². The first-order valence-electron chi connectivity index (χ1n) is 6.86. The monoisotopic (exact) mass is 270 g/mol. The predicted molar refractivity (Wildman–Crippen MR) is 68.7 cm³/mol. The minimum atomic E-state index is -0.838. The van der Waals surface area contributed by atoms with Gasteiger partial charge in [-0.3, -0.25) is 14.5 Å². The van der Waals surface area contributed by atoms with Gasteiger partial charge < -0.3 is 14.7 Å². The maximum atomic E-state index is 12.2. The number of carboxylic acids is 1. The molecule has 0 radical (unpaired) electrons. The van der Waals surface area contributed by atoms with Gasteiger partial charge in [0.1, 0.15) is 0 Å². The lowest BCUT2D eigenvalue weighted by Gasteiger charge is -2.21. The highest BCUT2D eigenvalue weighted by Gasteiger charge is 2.49. The molecular formula is C13H22N2O4. The highest BCUT2D eigenvalue weighted by molar-refractivity contribution is 5.89. The van der Waals surface area contributed by atoms with Gasteiger partial charge in [0.2, 0.25) is 5.91 Å². The molecule has 1 saturated heterocycles. The normalized spacial score (nSPS) is 27.9. The number of rotatable bonds is 5. The number of ether oxygens (including phenoxy) is 1. The largest absolute Gasteiger partial charge is 0.481 e. The summed E-state index contributed by atoms with van der Waals surface area (Å²) in [7, 11) is 1.69. The molecule has 1 N–H and O–H groups in total. The molecule has 0 aromatic heterocycles. The van der Waals surface area contributed by atoms with Gasteiger partial charge in [-0.15, -0.1) is 0 Å². The van der Waals surface area contributed by atoms with Crippen LogP contribution in [0.15, 0.2) is 0 Å². The average Bonchev–Trinajstić information content (AvgIpc) is 3.19. The summed E-state index contributed by atoms with van der Waals surface area (Å²) < 4.78 is 5.06. The van der Waals surface area contributed by atoms with E-state index in [1.54, 1.807) is 7.11 Å². The molecule has 2 atom stereocenters. The van der Waals surface area contributed by atoms with Crippen molar-refractivity contribution in [1.82, 2.24) is 9.80 Å². The summed E-state index contributed by atoms with van der Waals surface area (Å²) in [5, 5.41) is 8.87. The molecule has 1 amide bonds. The lowest BCUT2D eigenvalue weighted by molar-refractivity contribution is -0.141. The first-order valence-corrected chi connectivity index (χ1v) is 6.86. The number of aliphatic carboxylic acids is 1. The molecule has 1 heterocycles. The molecular weight excluding hydrogens is 248 g/mol. The van der Waals surface area contributed by atoms with E-state index in [0.717, 1.165) is 32.6 Å². The van der Waals surface area contributed by atoms with Crippen molar-refractivity contribution >= 4 is 11.9 Å². The second kappa shape index (κ2) is 6.34. The number of amides is 1. The average molecular weight is 270 g/mol. The van der Waals surface area contributed by atoms with Crippen molar-refractivity contribution in [1.29, 1.82) is 0 Å². The molecule has 0 aromatic rings. The van der Waals surface area contributed by atoms with E-state index in [-0.39, 0.29) is 11.8 Å². The first kappa shape index (κ1) is 14.3. The number of carbonyl (C=O) groups is 2. The highest BCUT2D eigenvalue weighted by Crippen LogP contribution is 2.40. The van der Waals surface area contributed by atoms with Crippen LogP contribution < -0.4 is 0 Å². The van der Waals surface area contributed by atoms with Crippen LogP contribution in [-0.4, -0.2) is 73.2 Å². The van der Waals surface area contributed by atoms with Crippen LogP contribution in [0.4, 0.5) is 0 Å². The molecule has 6 nitrogen and oxygen atoms in total. The Morgan fingerprint density at radius 3 is 2.63 bits per heavy atom. The predicted octanol–water partition coefficient (Wildman–Crippen LogP) is -0.112.